The second-order valence-electron chi connectivity index (χ2n) is 8.42. The van der Waals surface area contributed by atoms with Gasteiger partial charge in [-0.3, -0.25) is 4.90 Å². The summed E-state index contributed by atoms with van der Waals surface area (Å²) in [5.74, 6) is -0.313. The van der Waals surface area contributed by atoms with Crippen LogP contribution in [0.15, 0.2) is 48.5 Å². The molecule has 184 valence electrons. The minimum atomic E-state index is -4.39. The van der Waals surface area contributed by atoms with Gasteiger partial charge >= 0.3 is 12.2 Å². The highest BCUT2D eigenvalue weighted by molar-refractivity contribution is 5.74. The first-order valence-electron chi connectivity index (χ1n) is 11.3. The number of morpholine rings is 1. The van der Waals surface area contributed by atoms with Gasteiger partial charge in [0.05, 0.1) is 24.8 Å². The van der Waals surface area contributed by atoms with E-state index in [0.717, 1.165) is 17.7 Å². The van der Waals surface area contributed by atoms with Gasteiger partial charge in [-0.1, -0.05) is 18.2 Å². The molecule has 2 aromatic rings. The van der Waals surface area contributed by atoms with E-state index in [1.54, 1.807) is 23.1 Å². The third kappa shape index (κ3) is 5.98. The smallest absolute Gasteiger partial charge is 0.379 e. The first-order valence-corrected chi connectivity index (χ1v) is 11.3. The lowest BCUT2D eigenvalue weighted by atomic mass is 10.0. The van der Waals surface area contributed by atoms with Crippen LogP contribution in [-0.4, -0.2) is 74.9 Å². The lowest BCUT2D eigenvalue weighted by Crippen LogP contribution is -2.53. The van der Waals surface area contributed by atoms with E-state index in [1.165, 1.54) is 18.2 Å². The van der Waals surface area contributed by atoms with Gasteiger partial charge in [-0.2, -0.15) is 13.2 Å². The lowest BCUT2D eigenvalue weighted by molar-refractivity contribution is -0.137. The summed E-state index contributed by atoms with van der Waals surface area (Å²) < 4.78 is 57.9. The first kappa shape index (κ1) is 24.3. The normalized spacial score (nSPS) is 18.6. The Balaban J connectivity index is 1.34. The molecule has 0 saturated carbocycles. The van der Waals surface area contributed by atoms with Gasteiger partial charge in [0.2, 0.25) is 0 Å². The highest BCUT2D eigenvalue weighted by Gasteiger charge is 2.31. The van der Waals surface area contributed by atoms with Gasteiger partial charge in [0, 0.05) is 51.5 Å². The molecule has 6 nitrogen and oxygen atoms in total. The lowest BCUT2D eigenvalue weighted by Gasteiger charge is -2.38. The Hall–Kier alpha value is -2.85. The summed E-state index contributed by atoms with van der Waals surface area (Å²) in [5, 5.41) is 2.99. The summed E-state index contributed by atoms with van der Waals surface area (Å²) in [6.07, 6.45) is -4.39. The Morgan fingerprint density at radius 1 is 0.971 bits per heavy atom. The molecular formula is C24H28F4N4O2. The van der Waals surface area contributed by atoms with Crippen molar-refractivity contribution in [2.75, 3.05) is 63.9 Å². The monoisotopic (exact) mass is 480 g/mol. The molecule has 0 aromatic heterocycles. The van der Waals surface area contributed by atoms with Crippen molar-refractivity contribution in [3.8, 4) is 0 Å². The van der Waals surface area contributed by atoms with Crippen molar-refractivity contribution < 1.29 is 27.1 Å². The molecule has 10 heteroatoms. The Morgan fingerprint density at radius 2 is 1.65 bits per heavy atom. The van der Waals surface area contributed by atoms with Crippen LogP contribution in [0.4, 0.5) is 28.0 Å². The van der Waals surface area contributed by atoms with Crippen LogP contribution in [0.3, 0.4) is 0 Å². The molecule has 4 rings (SSSR count). The maximum absolute atomic E-state index is 13.4. The molecule has 34 heavy (non-hydrogen) atoms. The minimum absolute atomic E-state index is 0.111. The maximum Gasteiger partial charge on any atom is 0.416 e. The van der Waals surface area contributed by atoms with E-state index in [2.05, 4.69) is 10.2 Å². The fourth-order valence-corrected chi connectivity index (χ4v) is 4.37. The number of benzene rings is 2. The number of piperazine rings is 1. The summed E-state index contributed by atoms with van der Waals surface area (Å²) >= 11 is 0. The molecule has 2 aromatic carbocycles. The molecule has 0 aliphatic carbocycles. The number of carbonyl (C=O) groups excluding carboxylic acids is 1. The van der Waals surface area contributed by atoms with Crippen LogP contribution < -0.4 is 10.2 Å². The molecule has 2 fully saturated rings. The number of alkyl halides is 3. The largest absolute Gasteiger partial charge is 0.416 e. The minimum Gasteiger partial charge on any atom is -0.379 e. The zero-order chi connectivity index (χ0) is 24.1. The van der Waals surface area contributed by atoms with Gasteiger partial charge in [0.15, 0.2) is 0 Å². The molecule has 0 radical (unpaired) electrons. The maximum atomic E-state index is 13.4. The van der Waals surface area contributed by atoms with Crippen molar-refractivity contribution in [3.63, 3.8) is 0 Å². The molecule has 2 aliphatic rings. The fourth-order valence-electron chi connectivity index (χ4n) is 4.37. The third-order valence-electron chi connectivity index (χ3n) is 6.29. The average molecular weight is 481 g/mol. The van der Waals surface area contributed by atoms with Crippen LogP contribution in [0.1, 0.15) is 17.2 Å². The van der Waals surface area contributed by atoms with Gasteiger partial charge in [0.1, 0.15) is 5.82 Å². The number of rotatable bonds is 5. The number of ether oxygens (including phenoxy) is 1. The summed E-state index contributed by atoms with van der Waals surface area (Å²) in [6.45, 7) is 4.69. The summed E-state index contributed by atoms with van der Waals surface area (Å²) in [7, 11) is 0. The van der Waals surface area contributed by atoms with Gasteiger partial charge in [0.25, 0.3) is 0 Å². The second kappa shape index (κ2) is 10.6. The molecule has 2 aliphatic heterocycles. The van der Waals surface area contributed by atoms with Crippen molar-refractivity contribution >= 4 is 11.7 Å². The molecule has 2 saturated heterocycles. The Kier molecular flexibility index (Phi) is 7.57. The topological polar surface area (TPSA) is 48.1 Å². The number of hydrogen-bond acceptors (Lipinski definition) is 4. The van der Waals surface area contributed by atoms with E-state index < -0.39 is 11.7 Å². The van der Waals surface area contributed by atoms with Gasteiger partial charge in [-0.15, -0.1) is 0 Å². The van der Waals surface area contributed by atoms with E-state index >= 15 is 0 Å². The second-order valence-corrected chi connectivity index (χ2v) is 8.42. The number of urea groups is 1. The summed E-state index contributed by atoms with van der Waals surface area (Å²) in [4.78, 5) is 18.6. The Labute approximate surface area is 196 Å². The number of carbonyl (C=O) groups is 1. The van der Waals surface area contributed by atoms with Crippen molar-refractivity contribution in [3.05, 3.63) is 65.5 Å². The van der Waals surface area contributed by atoms with Crippen LogP contribution in [0.25, 0.3) is 0 Å². The van der Waals surface area contributed by atoms with Crippen LogP contribution >= 0.6 is 0 Å². The molecule has 1 atom stereocenters. The van der Waals surface area contributed by atoms with Gasteiger partial charge in [-0.25, -0.2) is 9.18 Å². The quantitative estimate of drug-likeness (QED) is 0.663. The van der Waals surface area contributed by atoms with E-state index in [1.807, 2.05) is 4.90 Å². The van der Waals surface area contributed by atoms with Gasteiger partial charge in [-0.05, 0) is 35.9 Å². The Morgan fingerprint density at radius 3 is 2.29 bits per heavy atom. The number of hydrogen-bond donors (Lipinski definition) is 1. The van der Waals surface area contributed by atoms with Crippen molar-refractivity contribution in [1.82, 2.24) is 15.1 Å². The Bertz CT molecular complexity index is 956. The summed E-state index contributed by atoms with van der Waals surface area (Å²) in [6, 6.07) is 11.2. The molecule has 0 spiro atoms. The predicted octanol–water partition coefficient (Wildman–Crippen LogP) is 3.75. The third-order valence-corrected chi connectivity index (χ3v) is 6.29. The summed E-state index contributed by atoms with van der Waals surface area (Å²) in [5.41, 5.74) is 0.733. The van der Waals surface area contributed by atoms with Crippen LogP contribution in [0.2, 0.25) is 0 Å². The van der Waals surface area contributed by atoms with Gasteiger partial charge < -0.3 is 19.9 Å². The zero-order valence-electron chi connectivity index (χ0n) is 18.7. The van der Waals surface area contributed by atoms with E-state index in [9.17, 15) is 22.4 Å². The zero-order valence-corrected chi connectivity index (χ0v) is 18.7. The SMILES string of the molecule is O=C(NCC(c1ccc(F)cc1)N1CCOCC1)N1CCN(c2cccc(C(F)(F)F)c2)CC1. The molecule has 2 heterocycles. The van der Waals surface area contributed by atoms with Crippen molar-refractivity contribution in [1.29, 1.82) is 0 Å². The fraction of sp³-hybridized carbons (Fsp3) is 0.458. The highest BCUT2D eigenvalue weighted by atomic mass is 19.4. The first-order chi connectivity index (χ1) is 16.3. The van der Waals surface area contributed by atoms with E-state index in [4.69, 9.17) is 4.74 Å². The molecule has 1 N–H and O–H groups in total. The van der Waals surface area contributed by atoms with E-state index in [0.29, 0.717) is 64.7 Å². The van der Waals surface area contributed by atoms with Crippen LogP contribution in [-0.2, 0) is 10.9 Å². The number of anilines is 1. The average Bonchev–Trinajstić information content (AvgIpc) is 2.85. The number of amides is 2. The standard InChI is InChI=1S/C24H28F4N4O2/c25-20-6-4-18(5-7-20)22(31-12-14-34-15-13-31)17-29-23(33)32-10-8-30(9-11-32)21-3-1-2-19(16-21)24(26,27)28/h1-7,16,22H,8-15,17H2,(H,29,33). The number of nitrogens with zero attached hydrogens (tertiary/aromatic N) is 3. The molecule has 2 amide bonds. The molecule has 0 bridgehead atoms. The number of nitrogens with one attached hydrogen (secondary N) is 1. The van der Waals surface area contributed by atoms with Crippen LogP contribution in [0.5, 0.6) is 0 Å². The van der Waals surface area contributed by atoms with Crippen molar-refractivity contribution in [2.45, 2.75) is 12.2 Å². The molecular weight excluding hydrogens is 452 g/mol. The predicted molar refractivity (Wildman–Crippen MR) is 120 cm³/mol. The number of halogens is 4. The van der Waals surface area contributed by atoms with E-state index in [-0.39, 0.29) is 17.9 Å². The van der Waals surface area contributed by atoms with Crippen LogP contribution in [0, 0.1) is 5.82 Å². The highest BCUT2D eigenvalue weighted by Crippen LogP contribution is 2.32. The molecule has 1 unspecified atom stereocenters. The van der Waals surface area contributed by atoms with Crippen molar-refractivity contribution in [2.24, 2.45) is 0 Å².